The minimum atomic E-state index is -0.347. The number of amides is 2. The molecule has 0 saturated carbocycles. The molecule has 0 spiro atoms. The van der Waals surface area contributed by atoms with E-state index in [1.54, 1.807) is 24.3 Å². The Hall–Kier alpha value is -3.67. The Morgan fingerprint density at radius 1 is 0.828 bits per heavy atom. The molecule has 1 aromatic heterocycles. The number of aromatic nitrogens is 1. The zero-order valence-electron chi connectivity index (χ0n) is 16.6. The Bertz CT molecular complexity index is 997. The van der Waals surface area contributed by atoms with Crippen molar-refractivity contribution in [2.45, 2.75) is 26.9 Å². The van der Waals surface area contributed by atoms with Crippen LogP contribution in [0.3, 0.4) is 0 Å². The molecule has 0 fully saturated rings. The maximum atomic E-state index is 12.5. The topological polar surface area (TPSA) is 80.3 Å². The van der Waals surface area contributed by atoms with Gasteiger partial charge in [0.05, 0.1) is 17.2 Å². The predicted octanol–water partition coefficient (Wildman–Crippen LogP) is 4.68. The molecule has 2 aromatic carbocycles. The highest BCUT2D eigenvalue weighted by atomic mass is 16.5. The van der Waals surface area contributed by atoms with E-state index in [4.69, 9.17) is 4.74 Å². The number of carbonyl (C=O) groups is 2. The van der Waals surface area contributed by atoms with Gasteiger partial charge in [-0.25, -0.2) is 0 Å². The van der Waals surface area contributed by atoms with Gasteiger partial charge in [-0.3, -0.25) is 14.6 Å². The highest BCUT2D eigenvalue weighted by Crippen LogP contribution is 2.18. The van der Waals surface area contributed by atoms with Gasteiger partial charge in [-0.05, 0) is 63.2 Å². The third-order valence-corrected chi connectivity index (χ3v) is 4.06. The number of pyridine rings is 1. The number of benzene rings is 2. The average Bonchev–Trinajstić information content (AvgIpc) is 2.71. The molecule has 0 radical (unpaired) electrons. The number of nitrogens with one attached hydrogen (secondary N) is 2. The molecule has 1 heterocycles. The van der Waals surface area contributed by atoms with E-state index in [2.05, 4.69) is 15.6 Å². The molecule has 6 nitrogen and oxygen atoms in total. The Balaban J connectivity index is 1.67. The summed E-state index contributed by atoms with van der Waals surface area (Å²) in [7, 11) is 0. The smallest absolute Gasteiger partial charge is 0.257 e. The second-order valence-corrected chi connectivity index (χ2v) is 6.93. The second kappa shape index (κ2) is 9.01. The fraction of sp³-hybridized carbons (Fsp3) is 0.174. The quantitative estimate of drug-likeness (QED) is 0.641. The predicted molar refractivity (Wildman–Crippen MR) is 114 cm³/mol. The molecule has 0 aliphatic rings. The Morgan fingerprint density at radius 3 is 1.79 bits per heavy atom. The maximum Gasteiger partial charge on any atom is 0.257 e. The van der Waals surface area contributed by atoms with E-state index in [0.717, 1.165) is 11.3 Å². The van der Waals surface area contributed by atoms with Gasteiger partial charge in [-0.15, -0.1) is 0 Å². The molecule has 29 heavy (non-hydrogen) atoms. The van der Waals surface area contributed by atoms with Crippen LogP contribution in [0, 0.1) is 6.92 Å². The van der Waals surface area contributed by atoms with E-state index >= 15 is 0 Å². The second-order valence-electron chi connectivity index (χ2n) is 6.93. The first kappa shape index (κ1) is 20.1. The summed E-state index contributed by atoms with van der Waals surface area (Å²) in [6.07, 6.45) is 2.93. The summed E-state index contributed by atoms with van der Waals surface area (Å²) >= 11 is 0. The van der Waals surface area contributed by atoms with Gasteiger partial charge in [0.25, 0.3) is 11.8 Å². The van der Waals surface area contributed by atoms with Crippen LogP contribution in [0.5, 0.6) is 5.75 Å². The van der Waals surface area contributed by atoms with Crippen LogP contribution >= 0.6 is 0 Å². The maximum absolute atomic E-state index is 12.5. The molecule has 0 unspecified atom stereocenters. The first-order chi connectivity index (χ1) is 13.9. The van der Waals surface area contributed by atoms with Crippen LogP contribution in [-0.2, 0) is 0 Å². The lowest BCUT2D eigenvalue weighted by atomic mass is 10.1. The number of nitrogens with zero attached hydrogens (tertiary/aromatic N) is 1. The Labute approximate surface area is 169 Å². The summed E-state index contributed by atoms with van der Waals surface area (Å²) in [5.74, 6) is 0.0562. The van der Waals surface area contributed by atoms with Crippen LogP contribution in [0.15, 0.2) is 67.0 Å². The number of hydrogen-bond acceptors (Lipinski definition) is 4. The molecular formula is C23H23N3O3. The minimum absolute atomic E-state index is 0.0790. The molecule has 0 saturated heterocycles. The fourth-order valence-corrected chi connectivity index (χ4v) is 2.62. The van der Waals surface area contributed by atoms with Crippen LogP contribution in [0.1, 0.15) is 40.1 Å². The first-order valence-corrected chi connectivity index (χ1v) is 9.32. The third-order valence-electron chi connectivity index (χ3n) is 4.06. The number of ether oxygens (including phenoxy) is 1. The molecule has 0 aliphatic heterocycles. The molecule has 0 bridgehead atoms. The van der Waals surface area contributed by atoms with Gasteiger partial charge in [0.15, 0.2) is 0 Å². The van der Waals surface area contributed by atoms with Crippen molar-refractivity contribution in [2.75, 3.05) is 10.6 Å². The summed E-state index contributed by atoms with van der Waals surface area (Å²) in [6, 6.07) is 16.1. The van der Waals surface area contributed by atoms with Crippen LogP contribution in [0.25, 0.3) is 0 Å². The minimum Gasteiger partial charge on any atom is -0.491 e. The largest absolute Gasteiger partial charge is 0.491 e. The number of aryl methyl sites for hydroxylation is 1. The van der Waals surface area contributed by atoms with Crippen molar-refractivity contribution in [2.24, 2.45) is 0 Å². The van der Waals surface area contributed by atoms with Crippen LogP contribution in [0.2, 0.25) is 0 Å². The molecule has 148 valence electrons. The third kappa shape index (κ3) is 5.65. The molecule has 2 N–H and O–H groups in total. The number of hydrogen-bond donors (Lipinski definition) is 2. The van der Waals surface area contributed by atoms with Gasteiger partial charge in [0.1, 0.15) is 5.75 Å². The first-order valence-electron chi connectivity index (χ1n) is 9.32. The summed E-state index contributed by atoms with van der Waals surface area (Å²) in [6.45, 7) is 5.87. The zero-order chi connectivity index (χ0) is 20.8. The number of anilines is 2. The van der Waals surface area contributed by atoms with E-state index in [9.17, 15) is 9.59 Å². The van der Waals surface area contributed by atoms with Crippen molar-refractivity contribution in [3.05, 3.63) is 83.7 Å². The lowest BCUT2D eigenvalue weighted by Gasteiger charge is -2.11. The number of rotatable bonds is 6. The fourth-order valence-electron chi connectivity index (χ4n) is 2.62. The van der Waals surface area contributed by atoms with Gasteiger partial charge < -0.3 is 15.4 Å². The van der Waals surface area contributed by atoms with Crippen molar-refractivity contribution in [1.29, 1.82) is 0 Å². The van der Waals surface area contributed by atoms with Crippen LogP contribution < -0.4 is 15.4 Å². The molecule has 2 amide bonds. The molecule has 3 aromatic rings. The average molecular weight is 389 g/mol. The molecular weight excluding hydrogens is 366 g/mol. The summed E-state index contributed by atoms with van der Waals surface area (Å²) in [5.41, 5.74) is 3.01. The SMILES string of the molecule is Cc1ccc(NC(=O)c2cncc(C(=O)Nc3ccc(OC(C)C)cc3)c2)cc1. The van der Waals surface area contributed by atoms with E-state index in [0.29, 0.717) is 22.5 Å². The normalized spacial score (nSPS) is 10.5. The van der Waals surface area contributed by atoms with Crippen molar-refractivity contribution < 1.29 is 14.3 Å². The molecule has 6 heteroatoms. The van der Waals surface area contributed by atoms with Crippen LogP contribution in [0.4, 0.5) is 11.4 Å². The van der Waals surface area contributed by atoms with Gasteiger partial charge in [0.2, 0.25) is 0 Å². The van der Waals surface area contributed by atoms with Gasteiger partial charge >= 0.3 is 0 Å². The lowest BCUT2D eigenvalue weighted by Crippen LogP contribution is -2.16. The van der Waals surface area contributed by atoms with Crippen molar-refractivity contribution >= 4 is 23.2 Å². The summed E-state index contributed by atoms with van der Waals surface area (Å²) < 4.78 is 5.59. The summed E-state index contributed by atoms with van der Waals surface area (Å²) in [4.78, 5) is 29.0. The van der Waals surface area contributed by atoms with Crippen molar-refractivity contribution in [3.63, 3.8) is 0 Å². The van der Waals surface area contributed by atoms with Crippen molar-refractivity contribution in [1.82, 2.24) is 4.98 Å². The van der Waals surface area contributed by atoms with Crippen LogP contribution in [-0.4, -0.2) is 22.9 Å². The van der Waals surface area contributed by atoms with E-state index in [-0.39, 0.29) is 17.9 Å². The Kier molecular flexibility index (Phi) is 6.24. The lowest BCUT2D eigenvalue weighted by molar-refractivity contribution is 0.102. The van der Waals surface area contributed by atoms with Gasteiger partial charge in [-0.2, -0.15) is 0 Å². The summed E-state index contributed by atoms with van der Waals surface area (Å²) in [5, 5.41) is 5.59. The van der Waals surface area contributed by atoms with E-state index in [1.165, 1.54) is 18.5 Å². The van der Waals surface area contributed by atoms with Crippen molar-refractivity contribution in [3.8, 4) is 5.75 Å². The zero-order valence-corrected chi connectivity index (χ0v) is 16.6. The van der Waals surface area contributed by atoms with Gasteiger partial charge in [0, 0.05) is 23.8 Å². The Morgan fingerprint density at radius 2 is 1.31 bits per heavy atom. The van der Waals surface area contributed by atoms with E-state index < -0.39 is 0 Å². The number of carbonyl (C=O) groups excluding carboxylic acids is 2. The highest BCUT2D eigenvalue weighted by Gasteiger charge is 2.12. The molecule has 0 aliphatic carbocycles. The monoisotopic (exact) mass is 389 g/mol. The van der Waals surface area contributed by atoms with E-state index in [1.807, 2.05) is 45.0 Å². The van der Waals surface area contributed by atoms with Gasteiger partial charge in [-0.1, -0.05) is 17.7 Å². The molecule has 3 rings (SSSR count). The molecule has 0 atom stereocenters. The highest BCUT2D eigenvalue weighted by molar-refractivity contribution is 6.08. The standard InChI is InChI=1S/C23H23N3O3/c1-15(2)29-21-10-8-20(9-11-21)26-23(28)18-12-17(13-24-14-18)22(27)25-19-6-4-16(3)5-7-19/h4-15H,1-3H3,(H,25,27)(H,26,28).